The van der Waals surface area contributed by atoms with Crippen molar-refractivity contribution in [2.75, 3.05) is 5.73 Å². The summed E-state index contributed by atoms with van der Waals surface area (Å²) in [6, 6.07) is 5.74. The van der Waals surface area contributed by atoms with Crippen molar-refractivity contribution in [2.24, 2.45) is 0 Å². The zero-order chi connectivity index (χ0) is 13.6. The molecule has 3 rings (SSSR count). The number of benzene rings is 1. The van der Waals surface area contributed by atoms with Crippen LogP contribution in [-0.4, -0.2) is 9.97 Å². The number of nitrogens with zero attached hydrogens (tertiary/aromatic N) is 2. The Kier molecular flexibility index (Phi) is 3.39. The van der Waals surface area contributed by atoms with Gasteiger partial charge in [-0.15, -0.1) is 0 Å². The summed E-state index contributed by atoms with van der Waals surface area (Å²) in [5.41, 5.74) is 9.17. The number of hydrogen-bond donors (Lipinski definition) is 1. The standard InChI is InChI=1S/C14H13ClIN3/c1-7-6-9(15)4-5-10(7)14-18-12(8-2-3-8)11(16)13(17)19-14/h4-6,8H,2-3H2,1H3,(H2,17,18,19). The maximum Gasteiger partial charge on any atom is 0.162 e. The van der Waals surface area contributed by atoms with Crippen molar-refractivity contribution < 1.29 is 0 Å². The molecular formula is C14H13ClIN3. The van der Waals surface area contributed by atoms with E-state index in [0.29, 0.717) is 17.6 Å². The maximum absolute atomic E-state index is 6.02. The molecule has 0 bridgehead atoms. The zero-order valence-corrected chi connectivity index (χ0v) is 13.4. The summed E-state index contributed by atoms with van der Waals surface area (Å²) in [5, 5.41) is 0.724. The molecule has 1 aliphatic carbocycles. The van der Waals surface area contributed by atoms with Gasteiger partial charge in [-0.2, -0.15) is 0 Å². The fourth-order valence-electron chi connectivity index (χ4n) is 2.11. The topological polar surface area (TPSA) is 51.8 Å². The average Bonchev–Trinajstić information content (AvgIpc) is 3.17. The van der Waals surface area contributed by atoms with Crippen molar-refractivity contribution in [3.05, 3.63) is 38.0 Å². The molecule has 1 saturated carbocycles. The second-order valence-corrected chi connectivity index (χ2v) is 6.38. The quantitative estimate of drug-likeness (QED) is 0.789. The lowest BCUT2D eigenvalue weighted by Gasteiger charge is -2.10. The first-order valence-electron chi connectivity index (χ1n) is 6.15. The Bertz CT molecular complexity index is 653. The van der Waals surface area contributed by atoms with Gasteiger partial charge in [-0.1, -0.05) is 11.6 Å². The van der Waals surface area contributed by atoms with Crippen LogP contribution in [-0.2, 0) is 0 Å². The summed E-state index contributed by atoms with van der Waals surface area (Å²) in [6.45, 7) is 2.01. The fourth-order valence-corrected chi connectivity index (χ4v) is 3.02. The van der Waals surface area contributed by atoms with Gasteiger partial charge in [0.1, 0.15) is 5.82 Å². The Balaban J connectivity index is 2.14. The third-order valence-electron chi connectivity index (χ3n) is 3.30. The van der Waals surface area contributed by atoms with Gasteiger partial charge in [0.15, 0.2) is 5.82 Å². The predicted molar refractivity (Wildman–Crippen MR) is 86.3 cm³/mol. The van der Waals surface area contributed by atoms with E-state index in [-0.39, 0.29) is 0 Å². The molecule has 0 unspecified atom stereocenters. The van der Waals surface area contributed by atoms with Crippen LogP contribution in [0.4, 0.5) is 5.82 Å². The number of aryl methyl sites for hydroxylation is 1. The number of nitrogen functional groups attached to an aromatic ring is 1. The van der Waals surface area contributed by atoms with Crippen LogP contribution in [0.25, 0.3) is 11.4 Å². The summed E-state index contributed by atoms with van der Waals surface area (Å²) in [7, 11) is 0. The first-order valence-corrected chi connectivity index (χ1v) is 7.61. The normalized spacial score (nSPS) is 14.7. The van der Waals surface area contributed by atoms with Crippen molar-refractivity contribution in [1.82, 2.24) is 9.97 Å². The molecule has 0 spiro atoms. The van der Waals surface area contributed by atoms with E-state index < -0.39 is 0 Å². The molecule has 0 amide bonds. The Morgan fingerprint density at radius 1 is 1.32 bits per heavy atom. The predicted octanol–water partition coefficient (Wildman–Crippen LogP) is 4.17. The van der Waals surface area contributed by atoms with Crippen molar-refractivity contribution in [3.8, 4) is 11.4 Å². The first-order chi connectivity index (χ1) is 9.06. The Labute approximate surface area is 130 Å². The SMILES string of the molecule is Cc1cc(Cl)ccc1-c1nc(N)c(I)c(C2CC2)n1. The minimum Gasteiger partial charge on any atom is -0.383 e. The monoisotopic (exact) mass is 385 g/mol. The van der Waals surface area contributed by atoms with Crippen LogP contribution in [0.1, 0.15) is 30.0 Å². The molecule has 1 heterocycles. The molecule has 98 valence electrons. The lowest BCUT2D eigenvalue weighted by Crippen LogP contribution is -2.04. The highest BCUT2D eigenvalue weighted by molar-refractivity contribution is 14.1. The van der Waals surface area contributed by atoms with Gasteiger partial charge in [0.05, 0.1) is 9.26 Å². The number of aromatic nitrogens is 2. The largest absolute Gasteiger partial charge is 0.383 e. The molecule has 1 aliphatic rings. The summed E-state index contributed by atoms with van der Waals surface area (Å²) < 4.78 is 0.996. The van der Waals surface area contributed by atoms with E-state index in [4.69, 9.17) is 22.3 Å². The third-order valence-corrected chi connectivity index (χ3v) is 4.64. The molecule has 0 saturated heterocycles. The zero-order valence-electron chi connectivity index (χ0n) is 10.5. The van der Waals surface area contributed by atoms with E-state index in [2.05, 4.69) is 27.6 Å². The number of nitrogens with two attached hydrogens (primary N) is 1. The lowest BCUT2D eigenvalue weighted by atomic mass is 10.1. The van der Waals surface area contributed by atoms with E-state index >= 15 is 0 Å². The van der Waals surface area contributed by atoms with Crippen molar-refractivity contribution in [3.63, 3.8) is 0 Å². The van der Waals surface area contributed by atoms with Crippen LogP contribution < -0.4 is 5.73 Å². The molecule has 5 heteroatoms. The smallest absolute Gasteiger partial charge is 0.162 e. The lowest BCUT2D eigenvalue weighted by molar-refractivity contribution is 0.981. The van der Waals surface area contributed by atoms with Gasteiger partial charge in [0, 0.05) is 16.5 Å². The Morgan fingerprint density at radius 2 is 2.05 bits per heavy atom. The molecule has 0 radical (unpaired) electrons. The van der Waals surface area contributed by atoms with Crippen molar-refractivity contribution >= 4 is 40.0 Å². The number of rotatable bonds is 2. The van der Waals surface area contributed by atoms with Crippen molar-refractivity contribution in [2.45, 2.75) is 25.7 Å². The molecule has 1 aromatic heterocycles. The molecule has 0 atom stereocenters. The van der Waals surface area contributed by atoms with Gasteiger partial charge < -0.3 is 5.73 Å². The van der Waals surface area contributed by atoms with Crippen molar-refractivity contribution in [1.29, 1.82) is 0 Å². The maximum atomic E-state index is 6.02. The van der Waals surface area contributed by atoms with Gasteiger partial charge in [-0.3, -0.25) is 0 Å². The summed E-state index contributed by atoms with van der Waals surface area (Å²) in [6.07, 6.45) is 2.40. The first kappa shape index (κ1) is 13.1. The van der Waals surface area contributed by atoms with Crippen LogP contribution in [0.3, 0.4) is 0 Å². The molecule has 3 nitrogen and oxygen atoms in total. The van der Waals surface area contributed by atoms with E-state index in [1.54, 1.807) is 0 Å². The molecule has 2 aromatic rings. The van der Waals surface area contributed by atoms with Gasteiger partial charge in [-0.05, 0) is 66.1 Å². The van der Waals surface area contributed by atoms with Crippen LogP contribution in [0, 0.1) is 10.5 Å². The highest BCUT2D eigenvalue weighted by atomic mass is 127. The van der Waals surface area contributed by atoms with Gasteiger partial charge >= 0.3 is 0 Å². The third kappa shape index (κ3) is 2.56. The average molecular weight is 386 g/mol. The summed E-state index contributed by atoms with van der Waals surface area (Å²) >= 11 is 8.22. The second kappa shape index (κ2) is 4.90. The van der Waals surface area contributed by atoms with E-state index in [1.165, 1.54) is 12.8 Å². The number of hydrogen-bond acceptors (Lipinski definition) is 3. The van der Waals surface area contributed by atoms with E-state index in [0.717, 1.165) is 25.4 Å². The number of anilines is 1. The Morgan fingerprint density at radius 3 is 2.68 bits per heavy atom. The highest BCUT2D eigenvalue weighted by Crippen LogP contribution is 2.42. The summed E-state index contributed by atoms with van der Waals surface area (Å²) in [4.78, 5) is 9.13. The van der Waals surface area contributed by atoms with E-state index in [1.807, 2.05) is 25.1 Å². The Hall–Kier alpha value is -0.880. The van der Waals surface area contributed by atoms with E-state index in [9.17, 15) is 0 Å². The van der Waals surface area contributed by atoms with Gasteiger partial charge in [0.25, 0.3) is 0 Å². The molecule has 1 fully saturated rings. The van der Waals surface area contributed by atoms with Gasteiger partial charge in [-0.25, -0.2) is 9.97 Å². The van der Waals surface area contributed by atoms with Crippen LogP contribution in [0.15, 0.2) is 18.2 Å². The second-order valence-electron chi connectivity index (χ2n) is 4.87. The van der Waals surface area contributed by atoms with Gasteiger partial charge in [0.2, 0.25) is 0 Å². The molecular weight excluding hydrogens is 373 g/mol. The summed E-state index contributed by atoms with van der Waals surface area (Å²) in [5.74, 6) is 1.83. The minimum atomic E-state index is 0.559. The molecule has 2 N–H and O–H groups in total. The fraction of sp³-hybridized carbons (Fsp3) is 0.286. The highest BCUT2D eigenvalue weighted by Gasteiger charge is 2.29. The minimum absolute atomic E-state index is 0.559. The number of halogens is 2. The van der Waals surface area contributed by atoms with Crippen LogP contribution in [0.2, 0.25) is 5.02 Å². The van der Waals surface area contributed by atoms with Crippen LogP contribution >= 0.6 is 34.2 Å². The molecule has 19 heavy (non-hydrogen) atoms. The molecule has 1 aromatic carbocycles. The van der Waals surface area contributed by atoms with Crippen LogP contribution in [0.5, 0.6) is 0 Å². The molecule has 0 aliphatic heterocycles.